The second-order valence-electron chi connectivity index (χ2n) is 5.27. The van der Waals surface area contributed by atoms with E-state index in [2.05, 4.69) is 5.32 Å². The minimum atomic E-state index is -0.292. The van der Waals surface area contributed by atoms with Gasteiger partial charge in [-0.2, -0.15) is 5.26 Å². The van der Waals surface area contributed by atoms with E-state index in [9.17, 15) is 9.59 Å². The second kappa shape index (κ2) is 7.84. The Hall–Kier alpha value is -2.26. The van der Waals surface area contributed by atoms with E-state index in [-0.39, 0.29) is 22.9 Å². The lowest BCUT2D eigenvalue weighted by atomic mass is 9.98. The maximum absolute atomic E-state index is 12.3. The Bertz CT molecular complexity index is 642. The van der Waals surface area contributed by atoms with Crippen LogP contribution in [0.3, 0.4) is 0 Å². The number of nitrogens with zero attached hydrogens (tertiary/aromatic N) is 2. The zero-order valence-electron chi connectivity index (χ0n) is 12.8. The maximum atomic E-state index is 12.3. The summed E-state index contributed by atoms with van der Waals surface area (Å²) in [6.07, 6.45) is 1.48. The molecule has 1 N–H and O–H groups in total. The van der Waals surface area contributed by atoms with E-state index in [1.807, 2.05) is 6.07 Å². The summed E-state index contributed by atoms with van der Waals surface area (Å²) in [5.41, 5.74) is 0.863. The van der Waals surface area contributed by atoms with Gasteiger partial charge in [0, 0.05) is 18.8 Å². The van der Waals surface area contributed by atoms with Gasteiger partial charge in [-0.3, -0.25) is 4.79 Å². The van der Waals surface area contributed by atoms with Crippen LogP contribution < -0.4 is 5.32 Å². The third-order valence-corrected chi connectivity index (χ3v) is 3.98. The Labute approximate surface area is 140 Å². The number of likely N-dealkylation sites (tertiary alicyclic amines) is 1. The topological polar surface area (TPSA) is 82.4 Å². The van der Waals surface area contributed by atoms with Crippen LogP contribution in [0.2, 0.25) is 5.02 Å². The van der Waals surface area contributed by atoms with Crippen molar-refractivity contribution >= 4 is 29.3 Å². The molecule has 1 aromatic carbocycles. The lowest BCUT2D eigenvalue weighted by molar-refractivity contribution is -0.149. The van der Waals surface area contributed by atoms with Crippen LogP contribution in [0.15, 0.2) is 18.2 Å². The number of amides is 2. The van der Waals surface area contributed by atoms with Crippen molar-refractivity contribution in [3.8, 4) is 6.07 Å². The van der Waals surface area contributed by atoms with Gasteiger partial charge in [-0.05, 0) is 38.0 Å². The Morgan fingerprint density at radius 3 is 2.96 bits per heavy atom. The number of nitriles is 1. The highest BCUT2D eigenvalue weighted by atomic mass is 35.5. The summed E-state index contributed by atoms with van der Waals surface area (Å²) >= 11 is 5.95. The van der Waals surface area contributed by atoms with Crippen molar-refractivity contribution in [2.24, 2.45) is 5.92 Å². The Kier molecular flexibility index (Phi) is 5.83. The minimum Gasteiger partial charge on any atom is -0.466 e. The van der Waals surface area contributed by atoms with E-state index in [1.54, 1.807) is 24.0 Å². The molecule has 0 spiro atoms. The Morgan fingerprint density at radius 2 is 2.30 bits per heavy atom. The number of urea groups is 1. The number of hydrogen-bond acceptors (Lipinski definition) is 4. The van der Waals surface area contributed by atoms with E-state index >= 15 is 0 Å². The van der Waals surface area contributed by atoms with Crippen molar-refractivity contribution in [3.63, 3.8) is 0 Å². The maximum Gasteiger partial charge on any atom is 0.321 e. The van der Waals surface area contributed by atoms with Gasteiger partial charge in [0.1, 0.15) is 6.07 Å². The molecule has 122 valence electrons. The minimum absolute atomic E-state index is 0.258. The van der Waals surface area contributed by atoms with Gasteiger partial charge in [0.05, 0.1) is 23.1 Å². The number of benzene rings is 1. The zero-order chi connectivity index (χ0) is 16.8. The number of hydrogen-bond donors (Lipinski definition) is 1. The summed E-state index contributed by atoms with van der Waals surface area (Å²) in [5.74, 6) is -0.537. The first kappa shape index (κ1) is 17.1. The summed E-state index contributed by atoms with van der Waals surface area (Å²) in [7, 11) is 0. The van der Waals surface area contributed by atoms with Gasteiger partial charge in [-0.1, -0.05) is 11.6 Å². The largest absolute Gasteiger partial charge is 0.466 e. The third-order valence-electron chi connectivity index (χ3n) is 3.67. The van der Waals surface area contributed by atoms with Crippen LogP contribution in [0.5, 0.6) is 0 Å². The Morgan fingerprint density at radius 1 is 1.52 bits per heavy atom. The predicted octanol–water partition coefficient (Wildman–Crippen LogP) is 3.02. The molecule has 6 nitrogen and oxygen atoms in total. The first-order valence-electron chi connectivity index (χ1n) is 7.47. The van der Waals surface area contributed by atoms with Gasteiger partial charge in [0.15, 0.2) is 0 Å². The van der Waals surface area contributed by atoms with Gasteiger partial charge in [0.2, 0.25) is 0 Å². The predicted molar refractivity (Wildman–Crippen MR) is 86.1 cm³/mol. The van der Waals surface area contributed by atoms with Crippen molar-refractivity contribution in [2.75, 3.05) is 25.0 Å². The number of carbonyl (C=O) groups excluding carboxylic acids is 2. The van der Waals surface area contributed by atoms with Gasteiger partial charge in [-0.15, -0.1) is 0 Å². The fraction of sp³-hybridized carbons (Fsp3) is 0.438. The van der Waals surface area contributed by atoms with Crippen molar-refractivity contribution in [1.82, 2.24) is 4.90 Å². The number of halogens is 1. The summed E-state index contributed by atoms with van der Waals surface area (Å²) in [4.78, 5) is 25.7. The quantitative estimate of drug-likeness (QED) is 0.861. The number of anilines is 1. The van der Waals surface area contributed by atoms with Gasteiger partial charge in [-0.25, -0.2) is 4.79 Å². The van der Waals surface area contributed by atoms with Crippen LogP contribution in [-0.2, 0) is 9.53 Å². The average Bonchev–Trinajstić information content (AvgIpc) is 2.55. The number of ether oxygens (including phenoxy) is 1. The molecule has 1 aliphatic heterocycles. The second-order valence-corrected chi connectivity index (χ2v) is 5.68. The lowest BCUT2D eigenvalue weighted by Gasteiger charge is -2.31. The van der Waals surface area contributed by atoms with Crippen LogP contribution in [0.4, 0.5) is 10.5 Å². The fourth-order valence-corrected chi connectivity index (χ4v) is 2.72. The molecule has 1 aromatic rings. The molecule has 0 saturated carbocycles. The summed E-state index contributed by atoms with van der Waals surface area (Å²) < 4.78 is 5.02. The molecule has 2 rings (SSSR count). The molecule has 1 fully saturated rings. The summed E-state index contributed by atoms with van der Waals surface area (Å²) in [5, 5.41) is 11.9. The number of piperidine rings is 1. The van der Waals surface area contributed by atoms with Crippen LogP contribution >= 0.6 is 11.6 Å². The fourth-order valence-electron chi connectivity index (χ4n) is 2.50. The molecule has 0 aromatic heterocycles. The molecule has 23 heavy (non-hydrogen) atoms. The van der Waals surface area contributed by atoms with Gasteiger partial charge in [0.25, 0.3) is 0 Å². The molecule has 1 saturated heterocycles. The number of rotatable bonds is 3. The first-order chi connectivity index (χ1) is 11.0. The molecular formula is C16H18ClN3O3. The van der Waals surface area contributed by atoms with Crippen molar-refractivity contribution in [2.45, 2.75) is 19.8 Å². The average molecular weight is 336 g/mol. The first-order valence-corrected chi connectivity index (χ1v) is 7.85. The van der Waals surface area contributed by atoms with E-state index in [4.69, 9.17) is 21.6 Å². The Balaban J connectivity index is 1.99. The summed E-state index contributed by atoms with van der Waals surface area (Å²) in [6.45, 7) is 3.03. The molecular weight excluding hydrogens is 318 g/mol. The molecule has 1 heterocycles. The number of carbonyl (C=O) groups is 2. The molecule has 0 radical (unpaired) electrons. The SMILES string of the molecule is CCOC(=O)C1CCCN(C(=O)Nc2ccc(C#N)c(Cl)c2)C1. The normalized spacial score (nSPS) is 17.3. The molecule has 1 unspecified atom stereocenters. The van der Waals surface area contributed by atoms with Gasteiger partial charge >= 0.3 is 12.0 Å². The van der Waals surface area contributed by atoms with Crippen molar-refractivity contribution < 1.29 is 14.3 Å². The smallest absolute Gasteiger partial charge is 0.321 e. The van der Waals surface area contributed by atoms with E-state index in [0.717, 1.165) is 12.8 Å². The van der Waals surface area contributed by atoms with E-state index in [1.165, 1.54) is 6.07 Å². The van der Waals surface area contributed by atoms with Crippen LogP contribution in [0.1, 0.15) is 25.3 Å². The van der Waals surface area contributed by atoms with Crippen molar-refractivity contribution in [3.05, 3.63) is 28.8 Å². The number of esters is 1. The molecule has 1 aliphatic rings. The monoisotopic (exact) mass is 335 g/mol. The molecule has 7 heteroatoms. The van der Waals surface area contributed by atoms with Crippen molar-refractivity contribution in [1.29, 1.82) is 5.26 Å². The van der Waals surface area contributed by atoms with Crippen LogP contribution in [-0.4, -0.2) is 36.6 Å². The van der Waals surface area contributed by atoms with Crippen LogP contribution in [0.25, 0.3) is 0 Å². The zero-order valence-corrected chi connectivity index (χ0v) is 13.6. The highest BCUT2D eigenvalue weighted by Gasteiger charge is 2.29. The molecule has 0 bridgehead atoms. The van der Waals surface area contributed by atoms with E-state index < -0.39 is 0 Å². The lowest BCUT2D eigenvalue weighted by Crippen LogP contribution is -2.44. The standard InChI is InChI=1S/C16H18ClN3O3/c1-2-23-15(21)12-4-3-7-20(10-12)16(22)19-13-6-5-11(9-18)14(17)8-13/h5-6,8,12H,2-4,7,10H2,1H3,(H,19,22). The molecule has 2 amide bonds. The van der Waals surface area contributed by atoms with Crippen LogP contribution in [0, 0.1) is 17.2 Å². The highest BCUT2D eigenvalue weighted by molar-refractivity contribution is 6.32. The highest BCUT2D eigenvalue weighted by Crippen LogP contribution is 2.22. The molecule has 1 atom stereocenters. The van der Waals surface area contributed by atoms with E-state index in [0.29, 0.717) is 30.9 Å². The molecule has 0 aliphatic carbocycles. The third kappa shape index (κ3) is 4.36. The van der Waals surface area contributed by atoms with Gasteiger partial charge < -0.3 is 15.0 Å². The number of nitrogens with one attached hydrogen (secondary N) is 1. The summed E-state index contributed by atoms with van der Waals surface area (Å²) in [6, 6.07) is 6.37.